The van der Waals surface area contributed by atoms with Gasteiger partial charge in [0.1, 0.15) is 5.82 Å². The number of aryl methyl sites for hydroxylation is 4. The maximum Gasteiger partial charge on any atom is 0.429 e. The Balaban J connectivity index is 0.000000186. The number of aromatic nitrogens is 8. The van der Waals surface area contributed by atoms with Crippen LogP contribution in [0, 0.1) is 66.3 Å². The van der Waals surface area contributed by atoms with Crippen LogP contribution in [0.4, 0.5) is 13.2 Å². The van der Waals surface area contributed by atoms with E-state index in [9.17, 15) is 13.2 Å². The van der Waals surface area contributed by atoms with Crippen LogP contribution in [-0.2, 0) is 40.4 Å². The van der Waals surface area contributed by atoms with E-state index in [2.05, 4.69) is 111 Å². The molecule has 0 spiro atoms. The Labute approximate surface area is 281 Å². The quantitative estimate of drug-likeness (QED) is 0.183. The van der Waals surface area contributed by atoms with Gasteiger partial charge in [0.2, 0.25) is 12.7 Å². The van der Waals surface area contributed by atoms with E-state index in [0.29, 0.717) is 0 Å². The molecule has 4 heterocycles. The van der Waals surface area contributed by atoms with E-state index in [1.165, 1.54) is 46.2 Å². The topological polar surface area (TPSA) is 70.4 Å². The van der Waals surface area contributed by atoms with Crippen LogP contribution in [0.2, 0.25) is 0 Å². The van der Waals surface area contributed by atoms with Gasteiger partial charge in [0, 0.05) is 49.1 Å². The Bertz CT molecular complexity index is 1790. The third kappa shape index (κ3) is 8.64. The summed E-state index contributed by atoms with van der Waals surface area (Å²) >= 11 is 0. The molecule has 46 heavy (non-hydrogen) atoms. The molecule has 4 aromatic heterocycles. The third-order valence-electron chi connectivity index (χ3n) is 7.19. The fraction of sp³-hybridized carbons (Fsp3) is 0.265. The molecule has 0 fully saturated rings. The molecule has 1 radical (unpaired) electrons. The molecule has 243 valence electrons. The van der Waals surface area contributed by atoms with Crippen LogP contribution in [0.3, 0.4) is 0 Å². The fourth-order valence-electron chi connectivity index (χ4n) is 4.23. The van der Waals surface area contributed by atoms with Crippen LogP contribution in [0.15, 0.2) is 60.8 Å². The van der Waals surface area contributed by atoms with Gasteiger partial charge < -0.3 is 28.4 Å². The number of halogens is 3. The van der Waals surface area contributed by atoms with Crippen molar-refractivity contribution < 1.29 is 42.4 Å². The molecule has 12 heteroatoms. The van der Waals surface area contributed by atoms with Gasteiger partial charge in [-0.15, -0.1) is 0 Å². The van der Waals surface area contributed by atoms with Crippen molar-refractivity contribution in [3.8, 4) is 22.9 Å². The van der Waals surface area contributed by atoms with Gasteiger partial charge in [-0.1, -0.05) is 31.3 Å². The number of imidazole rings is 2. The second kappa shape index (κ2) is 15.2. The summed E-state index contributed by atoms with van der Waals surface area (Å²) in [5, 5.41) is 6.25. The average Bonchev–Trinajstić information content (AvgIpc) is 3.69. The molecular formula is C34H34F3IrN8-3. The maximum absolute atomic E-state index is 12.1. The van der Waals surface area contributed by atoms with Gasteiger partial charge in [-0.2, -0.15) is 72.8 Å². The Hall–Kier alpha value is -4.41. The summed E-state index contributed by atoms with van der Waals surface area (Å²) in [5.41, 5.74) is 9.72. The smallest absolute Gasteiger partial charge is 0.413 e. The van der Waals surface area contributed by atoms with Crippen molar-refractivity contribution in [1.29, 1.82) is 0 Å². The van der Waals surface area contributed by atoms with E-state index < -0.39 is 12.0 Å². The SMILES string of the molecule is Cc1cc[c-]c(-n2[c-][n+](C)c(C)c2C)c1.Cc1cc[c-]c(-n2[c-][n+](C)c(C)c2C)c1.FC(F)(F)c1n[n-]c(-c2ccccn2)n1.[Ir]. The van der Waals surface area contributed by atoms with Gasteiger partial charge in [0.25, 0.3) is 0 Å². The summed E-state index contributed by atoms with van der Waals surface area (Å²) in [6, 6.07) is 23.5. The predicted octanol–water partition coefficient (Wildman–Crippen LogP) is 5.17. The monoisotopic (exact) mass is 804 g/mol. The summed E-state index contributed by atoms with van der Waals surface area (Å²) in [6.45, 7) is 12.6. The van der Waals surface area contributed by atoms with E-state index in [4.69, 9.17) is 0 Å². The predicted molar refractivity (Wildman–Crippen MR) is 161 cm³/mol. The Kier molecular flexibility index (Phi) is 12.0. The number of rotatable bonds is 3. The van der Waals surface area contributed by atoms with Crippen LogP contribution >= 0.6 is 0 Å². The molecule has 6 aromatic rings. The minimum Gasteiger partial charge on any atom is -0.413 e. The molecule has 8 nitrogen and oxygen atoms in total. The summed E-state index contributed by atoms with van der Waals surface area (Å²) in [7, 11) is 4.02. The van der Waals surface area contributed by atoms with Crippen molar-refractivity contribution in [2.75, 3.05) is 0 Å². The van der Waals surface area contributed by atoms with E-state index >= 15 is 0 Å². The molecule has 0 saturated carbocycles. The molecule has 2 aromatic carbocycles. The van der Waals surface area contributed by atoms with Crippen molar-refractivity contribution in [1.82, 2.24) is 29.3 Å². The minimum atomic E-state index is -4.57. The van der Waals surface area contributed by atoms with Gasteiger partial charge in [-0.25, -0.2) is 0 Å². The van der Waals surface area contributed by atoms with Crippen LogP contribution in [0.1, 0.15) is 39.7 Å². The van der Waals surface area contributed by atoms with E-state index in [1.807, 2.05) is 44.5 Å². The largest absolute Gasteiger partial charge is 0.429 e. The van der Waals surface area contributed by atoms with Crippen molar-refractivity contribution in [2.24, 2.45) is 14.1 Å². The zero-order chi connectivity index (χ0) is 32.9. The average molecular weight is 804 g/mol. The number of pyridine rings is 1. The van der Waals surface area contributed by atoms with Gasteiger partial charge in [0.15, 0.2) is 0 Å². The van der Waals surface area contributed by atoms with E-state index in [0.717, 1.165) is 11.4 Å². The summed E-state index contributed by atoms with van der Waals surface area (Å²) in [4.78, 5) is 7.05. The van der Waals surface area contributed by atoms with Crippen LogP contribution in [-0.4, -0.2) is 24.2 Å². The Morgan fingerprint density at radius 3 is 1.61 bits per heavy atom. The first-order valence-electron chi connectivity index (χ1n) is 14.0. The molecule has 0 aliphatic rings. The Morgan fingerprint density at radius 1 is 0.761 bits per heavy atom. The summed E-state index contributed by atoms with van der Waals surface area (Å²) in [6.07, 6.45) is 3.39. The van der Waals surface area contributed by atoms with Crippen LogP contribution < -0.4 is 14.2 Å². The molecule has 0 saturated heterocycles. The van der Waals surface area contributed by atoms with Gasteiger partial charge in [0.05, 0.1) is 19.8 Å². The normalized spacial score (nSPS) is 10.8. The number of benzene rings is 2. The number of alkyl halides is 3. The molecule has 0 aliphatic heterocycles. The van der Waals surface area contributed by atoms with Crippen molar-refractivity contribution in [2.45, 2.75) is 47.7 Å². The summed E-state index contributed by atoms with van der Waals surface area (Å²) < 4.78 is 44.5. The maximum atomic E-state index is 12.1. The van der Waals surface area contributed by atoms with E-state index in [-0.39, 0.29) is 31.6 Å². The standard InChI is InChI=1S/2C13H15N2.C8H4F3N4.Ir/c2*1-10-6-5-7-13(8-10)15-9-14(4)11(2)12(15)3;9-8(10,11)7-13-6(14-15-7)5-3-1-2-4-12-5;/h2*5-6,8H,1-4H3;1-4H;/q3*-1;. The van der Waals surface area contributed by atoms with Crippen molar-refractivity contribution >= 4 is 0 Å². The summed E-state index contributed by atoms with van der Waals surface area (Å²) in [5.74, 6) is -1.37. The minimum absolute atomic E-state index is 0. The first-order valence-corrected chi connectivity index (χ1v) is 14.0. The zero-order valence-corrected chi connectivity index (χ0v) is 29.2. The molecule has 0 amide bonds. The van der Waals surface area contributed by atoms with Crippen molar-refractivity contribution in [3.63, 3.8) is 0 Å². The first-order chi connectivity index (χ1) is 21.3. The van der Waals surface area contributed by atoms with Gasteiger partial charge >= 0.3 is 6.18 Å². The fourth-order valence-corrected chi connectivity index (χ4v) is 4.23. The molecule has 0 aliphatic carbocycles. The molecular weight excluding hydrogens is 770 g/mol. The second-order valence-electron chi connectivity index (χ2n) is 10.5. The number of nitrogens with zero attached hydrogens (tertiary/aromatic N) is 8. The second-order valence-corrected chi connectivity index (χ2v) is 10.5. The number of hydrogen-bond acceptors (Lipinski definition) is 3. The zero-order valence-electron chi connectivity index (χ0n) is 26.8. The van der Waals surface area contributed by atoms with Gasteiger partial charge in [-0.3, -0.25) is 10.1 Å². The van der Waals surface area contributed by atoms with E-state index in [1.54, 1.807) is 12.1 Å². The molecule has 0 N–H and O–H groups in total. The molecule has 0 unspecified atom stereocenters. The molecule has 0 bridgehead atoms. The number of hydrogen-bond donors (Lipinski definition) is 0. The van der Waals surface area contributed by atoms with Crippen molar-refractivity contribution in [3.05, 3.63) is 125 Å². The third-order valence-corrected chi connectivity index (χ3v) is 7.19. The van der Waals surface area contributed by atoms with Crippen LogP contribution in [0.25, 0.3) is 22.9 Å². The van der Waals surface area contributed by atoms with Crippen LogP contribution in [0.5, 0.6) is 0 Å². The molecule has 0 atom stereocenters. The Morgan fingerprint density at radius 2 is 1.26 bits per heavy atom. The molecule has 6 rings (SSSR count). The first kappa shape index (κ1) is 36.1. The van der Waals surface area contributed by atoms with Gasteiger partial charge in [-0.05, 0) is 45.7 Å².